The van der Waals surface area contributed by atoms with Crippen molar-refractivity contribution >= 4 is 5.91 Å². The van der Waals surface area contributed by atoms with Crippen molar-refractivity contribution in [2.75, 3.05) is 6.54 Å². The Morgan fingerprint density at radius 2 is 2.18 bits per heavy atom. The van der Waals surface area contributed by atoms with E-state index in [2.05, 4.69) is 5.32 Å². The molecule has 1 amide bonds. The Bertz CT molecular complexity index is 462. The van der Waals surface area contributed by atoms with E-state index in [-0.39, 0.29) is 12.3 Å². The molecule has 1 unspecified atom stereocenters. The lowest BCUT2D eigenvalue weighted by Crippen LogP contribution is -2.28. The number of benzene rings is 1. The first-order chi connectivity index (χ1) is 7.90. The molecule has 1 aromatic carbocycles. The highest BCUT2D eigenvalue weighted by Gasteiger charge is 2.69. The second kappa shape index (κ2) is 3.77. The molecule has 3 nitrogen and oxygen atoms in total. The first-order valence-corrected chi connectivity index (χ1v) is 5.46. The maximum absolute atomic E-state index is 13.1. The molecule has 92 valence electrons. The lowest BCUT2D eigenvalue weighted by molar-refractivity contribution is 0.0887. The molecule has 0 aliphatic heterocycles. The molecule has 2 rings (SSSR count). The minimum atomic E-state index is -2.87. The van der Waals surface area contributed by atoms with Crippen molar-refractivity contribution in [1.82, 2.24) is 5.32 Å². The van der Waals surface area contributed by atoms with E-state index in [1.54, 1.807) is 19.1 Å². The number of carbonyl (C=O) groups is 1. The van der Waals surface area contributed by atoms with E-state index in [0.29, 0.717) is 17.7 Å². The summed E-state index contributed by atoms with van der Waals surface area (Å²) in [6.07, 6.45) is -0.362. The second-order valence-electron chi connectivity index (χ2n) is 4.29. The Labute approximate surface area is 98.0 Å². The zero-order valence-electron chi connectivity index (χ0n) is 9.47. The Morgan fingerprint density at radius 1 is 1.53 bits per heavy atom. The van der Waals surface area contributed by atoms with Crippen LogP contribution in [0.15, 0.2) is 24.3 Å². The van der Waals surface area contributed by atoms with Gasteiger partial charge in [-0.2, -0.15) is 0 Å². The highest BCUT2D eigenvalue weighted by Crippen LogP contribution is 2.57. The minimum Gasteiger partial charge on any atom is -0.352 e. The monoisotopic (exact) mass is 240 g/mol. The van der Waals surface area contributed by atoms with Crippen molar-refractivity contribution in [2.45, 2.75) is 24.8 Å². The Balaban J connectivity index is 2.27. The van der Waals surface area contributed by atoms with Crippen LogP contribution in [0.25, 0.3) is 0 Å². The molecule has 1 saturated carbocycles. The van der Waals surface area contributed by atoms with Gasteiger partial charge in [0.2, 0.25) is 0 Å². The van der Waals surface area contributed by atoms with Crippen molar-refractivity contribution < 1.29 is 13.6 Å². The minimum absolute atomic E-state index is 0.276. The molecule has 1 aliphatic carbocycles. The third-order valence-corrected chi connectivity index (χ3v) is 3.01. The average Bonchev–Trinajstić information content (AvgIpc) is 2.80. The number of carbonyl (C=O) groups excluding carboxylic acids is 1. The van der Waals surface area contributed by atoms with Crippen molar-refractivity contribution in [3.05, 3.63) is 35.4 Å². The summed E-state index contributed by atoms with van der Waals surface area (Å²) in [5.74, 6) is -3.14. The fraction of sp³-hybridized carbons (Fsp3) is 0.417. The molecular formula is C12H14F2N2O. The Hall–Kier alpha value is -1.49. The molecule has 17 heavy (non-hydrogen) atoms. The van der Waals surface area contributed by atoms with E-state index >= 15 is 0 Å². The summed E-state index contributed by atoms with van der Waals surface area (Å²) in [6.45, 7) is 2.29. The van der Waals surface area contributed by atoms with Crippen LogP contribution in [0.3, 0.4) is 0 Å². The lowest BCUT2D eigenvalue weighted by atomic mass is 10.0. The molecule has 3 N–H and O–H groups in total. The first-order valence-electron chi connectivity index (χ1n) is 5.46. The number of halogens is 2. The van der Waals surface area contributed by atoms with Gasteiger partial charge in [-0.05, 0) is 24.6 Å². The van der Waals surface area contributed by atoms with E-state index in [4.69, 9.17) is 5.73 Å². The SMILES string of the molecule is CCNC(=O)c1cccc(C2(N)CC2(F)F)c1. The molecule has 1 fully saturated rings. The highest BCUT2D eigenvalue weighted by atomic mass is 19.3. The summed E-state index contributed by atoms with van der Waals surface area (Å²) in [4.78, 5) is 11.6. The Kier molecular flexibility index (Phi) is 2.66. The second-order valence-corrected chi connectivity index (χ2v) is 4.29. The number of hydrogen-bond acceptors (Lipinski definition) is 2. The van der Waals surface area contributed by atoms with Crippen molar-refractivity contribution in [1.29, 1.82) is 0 Å². The molecule has 0 radical (unpaired) electrons. The van der Waals surface area contributed by atoms with E-state index in [1.165, 1.54) is 12.1 Å². The summed E-state index contributed by atoms with van der Waals surface area (Å²) >= 11 is 0. The van der Waals surface area contributed by atoms with Gasteiger partial charge in [-0.3, -0.25) is 4.79 Å². The van der Waals surface area contributed by atoms with Gasteiger partial charge in [-0.25, -0.2) is 8.78 Å². The Morgan fingerprint density at radius 3 is 2.71 bits per heavy atom. The number of amides is 1. The first kappa shape index (κ1) is 12.0. The van der Waals surface area contributed by atoms with Gasteiger partial charge in [0, 0.05) is 18.5 Å². The zero-order chi connectivity index (χ0) is 12.7. The number of nitrogens with two attached hydrogens (primary N) is 1. The van der Waals surface area contributed by atoms with Crippen LogP contribution >= 0.6 is 0 Å². The maximum atomic E-state index is 13.1. The van der Waals surface area contributed by atoms with E-state index in [0.717, 1.165) is 0 Å². The highest BCUT2D eigenvalue weighted by molar-refractivity contribution is 5.94. The van der Waals surface area contributed by atoms with Gasteiger partial charge in [-0.15, -0.1) is 0 Å². The fourth-order valence-corrected chi connectivity index (χ4v) is 1.82. The van der Waals surface area contributed by atoms with Gasteiger partial charge in [0.05, 0.1) is 0 Å². The third kappa shape index (κ3) is 1.91. The normalized spacial score (nSPS) is 25.4. The molecule has 0 aromatic heterocycles. The standard InChI is InChI=1S/C12H14F2N2O/c1-2-16-10(17)8-4-3-5-9(6-8)11(15)7-12(11,13)14/h3-6H,2,7,15H2,1H3,(H,16,17). The molecule has 1 atom stereocenters. The van der Waals surface area contributed by atoms with Gasteiger partial charge < -0.3 is 11.1 Å². The lowest BCUT2D eigenvalue weighted by Gasteiger charge is -2.12. The molecule has 0 heterocycles. The summed E-state index contributed by atoms with van der Waals surface area (Å²) in [5.41, 5.74) is 4.67. The van der Waals surface area contributed by atoms with Crippen LogP contribution in [0.4, 0.5) is 8.78 Å². The molecule has 0 spiro atoms. The fourth-order valence-electron chi connectivity index (χ4n) is 1.82. The molecule has 0 saturated heterocycles. The molecule has 1 aliphatic rings. The van der Waals surface area contributed by atoms with E-state index < -0.39 is 11.5 Å². The predicted octanol–water partition coefficient (Wildman–Crippen LogP) is 1.63. The predicted molar refractivity (Wildman–Crippen MR) is 59.9 cm³/mol. The van der Waals surface area contributed by atoms with Crippen molar-refractivity contribution in [3.8, 4) is 0 Å². The van der Waals surface area contributed by atoms with Crippen LogP contribution in [-0.2, 0) is 5.54 Å². The van der Waals surface area contributed by atoms with Gasteiger partial charge in [0.15, 0.2) is 0 Å². The van der Waals surface area contributed by atoms with Crippen LogP contribution in [0.5, 0.6) is 0 Å². The van der Waals surface area contributed by atoms with Crippen LogP contribution in [0.2, 0.25) is 0 Å². The molecule has 5 heteroatoms. The molecule has 1 aromatic rings. The van der Waals surface area contributed by atoms with Crippen LogP contribution in [0.1, 0.15) is 29.3 Å². The van der Waals surface area contributed by atoms with Gasteiger partial charge in [0.25, 0.3) is 11.8 Å². The van der Waals surface area contributed by atoms with E-state index in [1.807, 2.05) is 0 Å². The largest absolute Gasteiger partial charge is 0.352 e. The van der Waals surface area contributed by atoms with Crippen molar-refractivity contribution in [2.24, 2.45) is 5.73 Å². The average molecular weight is 240 g/mol. The quantitative estimate of drug-likeness (QED) is 0.843. The van der Waals surface area contributed by atoms with Gasteiger partial charge in [-0.1, -0.05) is 12.1 Å². The van der Waals surface area contributed by atoms with Crippen LogP contribution in [0, 0.1) is 0 Å². The van der Waals surface area contributed by atoms with Crippen LogP contribution in [-0.4, -0.2) is 18.4 Å². The van der Waals surface area contributed by atoms with E-state index in [9.17, 15) is 13.6 Å². The summed E-state index contributed by atoms with van der Waals surface area (Å²) in [5, 5.41) is 2.61. The van der Waals surface area contributed by atoms with Gasteiger partial charge in [0.1, 0.15) is 5.54 Å². The number of alkyl halides is 2. The smallest absolute Gasteiger partial charge is 0.272 e. The summed E-state index contributed by atoms with van der Waals surface area (Å²) in [6, 6.07) is 6.12. The van der Waals surface area contributed by atoms with Crippen molar-refractivity contribution in [3.63, 3.8) is 0 Å². The van der Waals surface area contributed by atoms with Crippen LogP contribution < -0.4 is 11.1 Å². The third-order valence-electron chi connectivity index (χ3n) is 3.01. The molecule has 0 bridgehead atoms. The van der Waals surface area contributed by atoms with Gasteiger partial charge >= 0.3 is 0 Å². The topological polar surface area (TPSA) is 55.1 Å². The summed E-state index contributed by atoms with van der Waals surface area (Å²) < 4.78 is 26.2. The number of rotatable bonds is 3. The zero-order valence-corrected chi connectivity index (χ0v) is 9.47. The molecular weight excluding hydrogens is 226 g/mol. The maximum Gasteiger partial charge on any atom is 0.272 e. The number of hydrogen-bond donors (Lipinski definition) is 2. The number of nitrogens with one attached hydrogen (secondary N) is 1. The summed E-state index contributed by atoms with van der Waals surface area (Å²) in [7, 11) is 0.